The van der Waals surface area contributed by atoms with E-state index in [4.69, 9.17) is 14.6 Å². The third kappa shape index (κ3) is 6.36. The summed E-state index contributed by atoms with van der Waals surface area (Å²) in [6.45, 7) is 2.43. The quantitative estimate of drug-likeness (QED) is 0.269. The Bertz CT molecular complexity index is 1560. The van der Waals surface area contributed by atoms with E-state index in [0.717, 1.165) is 54.3 Å². The maximum atomic E-state index is 15.0. The van der Waals surface area contributed by atoms with Crippen LogP contribution in [0.1, 0.15) is 67.8 Å². The monoisotopic (exact) mass is 620 g/mol. The van der Waals surface area contributed by atoms with Gasteiger partial charge in [0.25, 0.3) is 0 Å². The second-order valence-corrected chi connectivity index (χ2v) is 12.6. The van der Waals surface area contributed by atoms with E-state index in [2.05, 4.69) is 21.3 Å². The summed E-state index contributed by atoms with van der Waals surface area (Å²) in [6.07, 6.45) is 4.21. The number of halogens is 1. The summed E-state index contributed by atoms with van der Waals surface area (Å²) in [4.78, 5) is 44.5. The van der Waals surface area contributed by atoms with E-state index in [1.54, 1.807) is 19.2 Å². The average molecular weight is 621 g/mol. The number of carbonyl (C=O) groups is 3. The lowest BCUT2D eigenvalue weighted by atomic mass is 9.68. The second kappa shape index (κ2) is 13.1. The molecular formula is C34H41FN4O6. The number of alkyl carbamates (subject to hydrolysis) is 1. The standard InChI is InChI=1S/C34H41FN4O6/c1-44-24-11-12-25-27(18-24)37-31-28(20-45-33(43)36-15-5-10-29(40)41)39(19-23-6-2-3-9-26(23)35)21-34(30(25)31)13-16-38(17-14-34)32(42)22-7-4-8-22/h2-3,6,9,11-12,18,22,28,37H,4-5,7-8,10,13-17,19-21H2,1H3,(H,36,43)(H,40,41). The first kappa shape index (κ1) is 30.9. The van der Waals surface area contributed by atoms with Gasteiger partial charge in [0.05, 0.1) is 13.2 Å². The molecule has 1 saturated carbocycles. The molecule has 2 fully saturated rings. The van der Waals surface area contributed by atoms with Gasteiger partial charge in [0, 0.05) is 78.7 Å². The molecule has 3 aromatic rings. The first-order valence-corrected chi connectivity index (χ1v) is 15.9. The van der Waals surface area contributed by atoms with E-state index in [1.165, 1.54) is 6.07 Å². The molecule has 1 aliphatic carbocycles. The Morgan fingerprint density at radius 3 is 2.60 bits per heavy atom. The molecular weight excluding hydrogens is 579 g/mol. The van der Waals surface area contributed by atoms with Crippen LogP contribution in [0.4, 0.5) is 9.18 Å². The minimum atomic E-state index is -0.925. The fourth-order valence-corrected chi connectivity index (χ4v) is 7.22. The summed E-state index contributed by atoms with van der Waals surface area (Å²) in [5.41, 5.74) is 3.23. The number of ether oxygens (including phenoxy) is 2. The molecule has 1 unspecified atom stereocenters. The lowest BCUT2D eigenvalue weighted by molar-refractivity contribution is -0.140. The lowest BCUT2D eigenvalue weighted by Gasteiger charge is -2.51. The van der Waals surface area contributed by atoms with Crippen LogP contribution in [0, 0.1) is 11.7 Å². The van der Waals surface area contributed by atoms with Crippen LogP contribution in [0.25, 0.3) is 10.9 Å². The third-order valence-corrected chi connectivity index (χ3v) is 9.87. The highest BCUT2D eigenvalue weighted by Gasteiger charge is 2.49. The average Bonchev–Trinajstić information content (AvgIpc) is 3.39. The molecule has 1 atom stereocenters. The summed E-state index contributed by atoms with van der Waals surface area (Å²) in [6, 6.07) is 12.3. The number of aromatic nitrogens is 1. The van der Waals surface area contributed by atoms with Gasteiger partial charge in [0.15, 0.2) is 0 Å². The number of aliphatic carboxylic acids is 1. The number of carboxylic acid groups (broad SMARTS) is 1. The zero-order valence-corrected chi connectivity index (χ0v) is 25.6. The maximum Gasteiger partial charge on any atom is 0.407 e. The predicted octanol–water partition coefficient (Wildman–Crippen LogP) is 5.12. The van der Waals surface area contributed by atoms with Gasteiger partial charge in [-0.3, -0.25) is 14.5 Å². The van der Waals surface area contributed by atoms with Crippen molar-refractivity contribution in [2.24, 2.45) is 5.92 Å². The molecule has 1 spiro atoms. The SMILES string of the molecule is COc1ccc2c3c([nH]c2c1)C(COC(=O)NCCCC(=O)O)N(Cc1ccccc1F)CC31CCN(C(=O)C2CCC2)CC1. The highest BCUT2D eigenvalue weighted by Crippen LogP contribution is 2.50. The Balaban J connectivity index is 1.33. The van der Waals surface area contributed by atoms with Crippen molar-refractivity contribution >= 4 is 28.9 Å². The minimum Gasteiger partial charge on any atom is -0.497 e. The van der Waals surface area contributed by atoms with Crippen LogP contribution < -0.4 is 10.1 Å². The van der Waals surface area contributed by atoms with Gasteiger partial charge >= 0.3 is 12.1 Å². The Hall–Kier alpha value is -4.12. The Labute approximate surface area is 261 Å². The van der Waals surface area contributed by atoms with Gasteiger partial charge in [-0.2, -0.15) is 0 Å². The summed E-state index contributed by atoms with van der Waals surface area (Å²) < 4.78 is 26.3. The van der Waals surface area contributed by atoms with Crippen molar-refractivity contribution in [1.29, 1.82) is 0 Å². The molecule has 45 heavy (non-hydrogen) atoms. The number of H-pyrrole nitrogens is 1. The number of amides is 2. The van der Waals surface area contributed by atoms with Crippen LogP contribution in [0.15, 0.2) is 42.5 Å². The number of fused-ring (bicyclic) bond motifs is 4. The summed E-state index contributed by atoms with van der Waals surface area (Å²) >= 11 is 0. The molecule has 10 nitrogen and oxygen atoms in total. The topological polar surface area (TPSA) is 124 Å². The van der Waals surface area contributed by atoms with E-state index in [1.807, 2.05) is 23.1 Å². The third-order valence-electron chi connectivity index (χ3n) is 9.87. The van der Waals surface area contributed by atoms with Gasteiger partial charge in [-0.25, -0.2) is 9.18 Å². The number of benzene rings is 2. The summed E-state index contributed by atoms with van der Waals surface area (Å²) in [5, 5.41) is 12.6. The number of aromatic amines is 1. The summed E-state index contributed by atoms with van der Waals surface area (Å²) in [5.74, 6) is -0.0925. The number of carboxylic acids is 1. The van der Waals surface area contributed by atoms with Crippen molar-refractivity contribution in [3.63, 3.8) is 0 Å². The first-order chi connectivity index (χ1) is 21.8. The Morgan fingerprint density at radius 1 is 1.13 bits per heavy atom. The number of methoxy groups -OCH3 is 1. The highest BCUT2D eigenvalue weighted by molar-refractivity contribution is 5.88. The normalized spacial score (nSPS) is 19.6. The molecule has 2 aromatic carbocycles. The molecule has 3 N–H and O–H groups in total. The Kier molecular flexibility index (Phi) is 8.98. The van der Waals surface area contributed by atoms with Crippen LogP contribution in [0.3, 0.4) is 0 Å². The minimum absolute atomic E-state index is 0.0124. The van der Waals surface area contributed by atoms with Gasteiger partial charge in [-0.1, -0.05) is 24.6 Å². The zero-order valence-electron chi connectivity index (χ0n) is 25.6. The second-order valence-electron chi connectivity index (χ2n) is 12.6. The van der Waals surface area contributed by atoms with Crippen molar-refractivity contribution in [3.8, 4) is 5.75 Å². The van der Waals surface area contributed by atoms with Crippen LogP contribution in [0.2, 0.25) is 0 Å². The van der Waals surface area contributed by atoms with Crippen molar-refractivity contribution < 1.29 is 33.4 Å². The molecule has 2 aliphatic heterocycles. The van der Waals surface area contributed by atoms with E-state index >= 15 is 4.39 Å². The van der Waals surface area contributed by atoms with E-state index < -0.39 is 18.1 Å². The van der Waals surface area contributed by atoms with Gasteiger partial charge in [-0.05, 0) is 55.9 Å². The molecule has 0 radical (unpaired) electrons. The highest BCUT2D eigenvalue weighted by atomic mass is 19.1. The number of piperidine rings is 1. The van der Waals surface area contributed by atoms with Crippen LogP contribution in [-0.2, 0) is 26.3 Å². The molecule has 3 aliphatic rings. The largest absolute Gasteiger partial charge is 0.497 e. The van der Waals surface area contributed by atoms with Crippen molar-refractivity contribution in [3.05, 3.63) is 65.1 Å². The first-order valence-electron chi connectivity index (χ1n) is 15.9. The van der Waals surface area contributed by atoms with Crippen LogP contribution in [0.5, 0.6) is 5.75 Å². The predicted molar refractivity (Wildman–Crippen MR) is 165 cm³/mol. The lowest BCUT2D eigenvalue weighted by Crippen LogP contribution is -2.55. The molecule has 0 bridgehead atoms. The number of carbonyl (C=O) groups excluding carboxylic acids is 2. The van der Waals surface area contributed by atoms with Gasteiger partial charge < -0.3 is 29.8 Å². The zero-order chi connectivity index (χ0) is 31.6. The van der Waals surface area contributed by atoms with Crippen molar-refractivity contribution in [1.82, 2.24) is 20.1 Å². The van der Waals surface area contributed by atoms with Crippen LogP contribution in [-0.4, -0.2) is 77.8 Å². The molecule has 1 saturated heterocycles. The number of nitrogens with one attached hydrogen (secondary N) is 2. The molecule has 6 rings (SSSR count). The van der Waals surface area contributed by atoms with Crippen molar-refractivity contribution in [2.75, 3.05) is 39.9 Å². The van der Waals surface area contributed by atoms with Gasteiger partial charge in [0.1, 0.15) is 18.2 Å². The van der Waals surface area contributed by atoms with E-state index in [9.17, 15) is 14.4 Å². The number of hydrogen-bond acceptors (Lipinski definition) is 6. The van der Waals surface area contributed by atoms with Gasteiger partial charge in [-0.15, -0.1) is 0 Å². The van der Waals surface area contributed by atoms with Gasteiger partial charge in [0.2, 0.25) is 5.91 Å². The number of likely N-dealkylation sites (tertiary alicyclic amines) is 1. The molecule has 3 heterocycles. The molecule has 11 heteroatoms. The van der Waals surface area contributed by atoms with Crippen molar-refractivity contribution in [2.45, 2.75) is 62.9 Å². The smallest absolute Gasteiger partial charge is 0.407 e. The molecule has 2 amide bonds. The molecule has 240 valence electrons. The summed E-state index contributed by atoms with van der Waals surface area (Å²) in [7, 11) is 1.63. The fraction of sp³-hybridized carbons (Fsp3) is 0.500. The number of nitrogens with zero attached hydrogens (tertiary/aromatic N) is 2. The van der Waals surface area contributed by atoms with Crippen LogP contribution >= 0.6 is 0 Å². The number of rotatable bonds is 10. The Morgan fingerprint density at radius 2 is 1.91 bits per heavy atom. The molecule has 1 aromatic heterocycles. The number of hydrogen-bond donors (Lipinski definition) is 3. The fourth-order valence-electron chi connectivity index (χ4n) is 7.22. The maximum absolute atomic E-state index is 15.0. The van der Waals surface area contributed by atoms with E-state index in [0.29, 0.717) is 43.9 Å². The van der Waals surface area contributed by atoms with E-state index in [-0.39, 0.29) is 42.6 Å².